The average molecular weight is 626 g/mol. The van der Waals surface area contributed by atoms with E-state index in [2.05, 4.69) is 33.0 Å². The van der Waals surface area contributed by atoms with Crippen LogP contribution in [0.25, 0.3) is 33.3 Å². The smallest absolute Gasteiger partial charge is 0.261 e. The SMILES string of the molecule is O=C1CN=C([O-])C2C=Cc3c4c5c6c(ccc5c5c(N7CCCC7)cc1c2c35)C(=O)N(C1CCCCC1)C(=O)C6C=C4N1CCCC1. The number of fused-ring (bicyclic) bond motifs is 2. The molecule has 4 aliphatic heterocycles. The van der Waals surface area contributed by atoms with Gasteiger partial charge in [-0.05, 0) is 95.5 Å². The van der Waals surface area contributed by atoms with E-state index in [1.165, 1.54) is 0 Å². The molecular weight excluding hydrogens is 588 g/mol. The molecule has 3 aromatic rings. The van der Waals surface area contributed by atoms with Gasteiger partial charge in [-0.15, -0.1) is 0 Å². The lowest BCUT2D eigenvalue weighted by atomic mass is 9.72. The number of hydrogen-bond acceptors (Lipinski definition) is 7. The van der Waals surface area contributed by atoms with Crippen molar-refractivity contribution in [1.82, 2.24) is 9.80 Å². The highest BCUT2D eigenvalue weighted by molar-refractivity contribution is 6.28. The predicted molar refractivity (Wildman–Crippen MR) is 181 cm³/mol. The highest BCUT2D eigenvalue weighted by atomic mass is 16.3. The van der Waals surface area contributed by atoms with Crippen LogP contribution in [0, 0.1) is 0 Å². The van der Waals surface area contributed by atoms with Crippen LogP contribution in [0.2, 0.25) is 0 Å². The zero-order valence-electron chi connectivity index (χ0n) is 26.5. The third-order valence-electron chi connectivity index (χ3n) is 12.0. The molecule has 8 heteroatoms. The molecule has 3 aromatic carbocycles. The Labute approximate surface area is 273 Å². The van der Waals surface area contributed by atoms with Gasteiger partial charge in [-0.1, -0.05) is 37.5 Å². The van der Waals surface area contributed by atoms with Crippen molar-refractivity contribution in [2.75, 3.05) is 37.6 Å². The number of nitrogens with zero attached hydrogens (tertiary/aromatic N) is 4. The molecule has 10 rings (SSSR count). The first-order chi connectivity index (χ1) is 23.0. The van der Waals surface area contributed by atoms with E-state index in [9.17, 15) is 19.5 Å². The number of likely N-dealkylation sites (tertiary alicyclic amines) is 1. The maximum absolute atomic E-state index is 14.6. The molecule has 0 N–H and O–H groups in total. The van der Waals surface area contributed by atoms with Crippen LogP contribution in [0.5, 0.6) is 0 Å². The number of hydrogen-bond donors (Lipinski definition) is 0. The highest BCUT2D eigenvalue weighted by Crippen LogP contribution is 2.54. The largest absolute Gasteiger partial charge is 0.861 e. The van der Waals surface area contributed by atoms with Crippen LogP contribution in [-0.4, -0.2) is 72.1 Å². The number of carbonyl (C=O) groups excluding carboxylic acids is 3. The van der Waals surface area contributed by atoms with E-state index in [4.69, 9.17) is 0 Å². The van der Waals surface area contributed by atoms with Gasteiger partial charge in [0.25, 0.3) is 5.91 Å². The van der Waals surface area contributed by atoms with E-state index in [1.807, 2.05) is 18.2 Å². The summed E-state index contributed by atoms with van der Waals surface area (Å²) in [5, 5.41) is 17.4. The van der Waals surface area contributed by atoms with Crippen LogP contribution in [-0.2, 0) is 4.79 Å². The van der Waals surface area contributed by atoms with Crippen LogP contribution < -0.4 is 10.0 Å². The second-order valence-electron chi connectivity index (χ2n) is 14.5. The molecule has 2 unspecified atom stereocenters. The summed E-state index contributed by atoms with van der Waals surface area (Å²) in [5.74, 6) is -1.78. The van der Waals surface area contributed by atoms with Gasteiger partial charge < -0.3 is 14.9 Å². The quantitative estimate of drug-likeness (QED) is 0.282. The summed E-state index contributed by atoms with van der Waals surface area (Å²) in [6.45, 7) is 3.46. The molecule has 0 spiro atoms. The lowest BCUT2D eigenvalue weighted by Crippen LogP contribution is -2.51. The molecule has 0 bridgehead atoms. The standard InChI is InChI=1S/C39H38N4O4/c44-30-20-40-37(45)24-12-10-22-34-29(42-16-6-7-17-42)19-27-32-25(38(46)43(39(27)47)21-8-2-1-3-9-21)13-11-23(36(32)34)33-28(41-14-4-5-15-41)18-26(30)31(24)35(22)33/h10-13,18-19,21,24,27H,1-9,14-17,20H2,(H,40,45)/p-1. The van der Waals surface area contributed by atoms with Gasteiger partial charge in [0, 0.05) is 71.6 Å². The Balaban J connectivity index is 1.35. The molecule has 2 saturated heterocycles. The maximum Gasteiger partial charge on any atom is 0.261 e. The molecule has 0 aromatic heterocycles. The Hall–Kier alpha value is -4.46. The van der Waals surface area contributed by atoms with Crippen LogP contribution >= 0.6 is 0 Å². The minimum atomic E-state index is -0.607. The van der Waals surface area contributed by atoms with Gasteiger partial charge in [-0.2, -0.15) is 0 Å². The summed E-state index contributed by atoms with van der Waals surface area (Å²) in [5.41, 5.74) is 6.91. The molecule has 47 heavy (non-hydrogen) atoms. The number of aliphatic imine (C=N–C) groups is 1. The summed E-state index contributed by atoms with van der Waals surface area (Å²) in [6, 6.07) is 6.03. The fraction of sp³-hybridized carbons (Fsp3) is 0.436. The Kier molecular flexibility index (Phi) is 5.89. The van der Waals surface area contributed by atoms with Crippen molar-refractivity contribution in [3.63, 3.8) is 0 Å². The van der Waals surface area contributed by atoms with Crippen molar-refractivity contribution < 1.29 is 19.5 Å². The molecule has 3 aliphatic carbocycles. The number of Topliss-reactive ketones (excluding diaryl/α,β-unsaturated/α-hetero) is 1. The first kappa shape index (κ1) is 27.6. The van der Waals surface area contributed by atoms with Crippen LogP contribution in [0.1, 0.15) is 113 Å². The second-order valence-corrected chi connectivity index (χ2v) is 14.5. The number of carbonyl (C=O) groups is 3. The van der Waals surface area contributed by atoms with Gasteiger partial charge in [-0.3, -0.25) is 24.3 Å². The lowest BCUT2D eigenvalue weighted by molar-refractivity contribution is -0.219. The number of rotatable bonds is 3. The van der Waals surface area contributed by atoms with Crippen molar-refractivity contribution >= 4 is 62.5 Å². The van der Waals surface area contributed by atoms with Gasteiger partial charge in [0.1, 0.15) is 6.54 Å². The van der Waals surface area contributed by atoms with E-state index >= 15 is 0 Å². The number of imide groups is 1. The van der Waals surface area contributed by atoms with Gasteiger partial charge in [-0.25, -0.2) is 0 Å². The number of ketones is 1. The van der Waals surface area contributed by atoms with Crippen molar-refractivity contribution in [3.8, 4) is 0 Å². The van der Waals surface area contributed by atoms with Gasteiger partial charge >= 0.3 is 0 Å². The first-order valence-corrected chi connectivity index (χ1v) is 17.7. The number of benzene rings is 3. The summed E-state index contributed by atoms with van der Waals surface area (Å²) >= 11 is 0. The summed E-state index contributed by atoms with van der Waals surface area (Å²) in [4.78, 5) is 53.2. The molecule has 238 valence electrons. The molecular formula is C39H37N4O4-. The highest BCUT2D eigenvalue weighted by Gasteiger charge is 2.46. The van der Waals surface area contributed by atoms with Crippen molar-refractivity contribution in [2.24, 2.45) is 4.99 Å². The molecule has 8 nitrogen and oxygen atoms in total. The monoisotopic (exact) mass is 625 g/mol. The van der Waals surface area contributed by atoms with Crippen LogP contribution in [0.15, 0.2) is 35.3 Å². The average Bonchev–Trinajstić information content (AvgIpc) is 3.82. The number of amides is 2. The normalized spacial score (nSPS) is 25.3. The lowest BCUT2D eigenvalue weighted by Gasteiger charge is -2.42. The Morgan fingerprint density at radius 2 is 1.49 bits per heavy atom. The molecule has 7 aliphatic rings. The van der Waals surface area contributed by atoms with Gasteiger partial charge in [0.05, 0.1) is 5.92 Å². The van der Waals surface area contributed by atoms with Crippen LogP contribution in [0.3, 0.4) is 0 Å². The summed E-state index contributed by atoms with van der Waals surface area (Å²) in [6.07, 6.45) is 15.4. The topological polar surface area (TPSA) is 96.3 Å². The fourth-order valence-electron chi connectivity index (χ4n) is 9.93. The minimum Gasteiger partial charge on any atom is -0.861 e. The predicted octanol–water partition coefficient (Wildman–Crippen LogP) is 5.51. The van der Waals surface area contributed by atoms with Crippen LogP contribution in [0.4, 0.5) is 5.69 Å². The number of anilines is 1. The van der Waals surface area contributed by atoms with E-state index < -0.39 is 11.8 Å². The van der Waals surface area contributed by atoms with Crippen molar-refractivity contribution in [1.29, 1.82) is 0 Å². The van der Waals surface area contributed by atoms with E-state index in [0.717, 1.165) is 139 Å². The Morgan fingerprint density at radius 3 is 2.26 bits per heavy atom. The summed E-state index contributed by atoms with van der Waals surface area (Å²) in [7, 11) is 0. The molecule has 1 saturated carbocycles. The zero-order valence-corrected chi connectivity index (χ0v) is 26.5. The zero-order chi connectivity index (χ0) is 31.6. The molecule has 2 amide bonds. The maximum atomic E-state index is 14.6. The molecule has 4 heterocycles. The van der Waals surface area contributed by atoms with Crippen molar-refractivity contribution in [3.05, 3.63) is 63.7 Å². The van der Waals surface area contributed by atoms with E-state index in [-0.39, 0.29) is 36.1 Å². The summed E-state index contributed by atoms with van der Waals surface area (Å²) < 4.78 is 0. The van der Waals surface area contributed by atoms with Gasteiger partial charge in [0.15, 0.2) is 5.78 Å². The third kappa shape index (κ3) is 3.70. The Bertz CT molecular complexity index is 2060. The molecule has 2 atom stereocenters. The minimum absolute atomic E-state index is 0.0482. The van der Waals surface area contributed by atoms with Crippen molar-refractivity contribution in [2.45, 2.75) is 75.7 Å². The van der Waals surface area contributed by atoms with Gasteiger partial charge in [0.2, 0.25) is 5.91 Å². The van der Waals surface area contributed by atoms with E-state index in [1.54, 1.807) is 4.90 Å². The Morgan fingerprint density at radius 1 is 0.766 bits per heavy atom. The second kappa shape index (κ2) is 10.0. The fourth-order valence-corrected chi connectivity index (χ4v) is 9.93. The van der Waals surface area contributed by atoms with E-state index in [0.29, 0.717) is 11.1 Å². The molecule has 0 radical (unpaired) electrons. The third-order valence-corrected chi connectivity index (χ3v) is 12.0. The molecule has 3 fully saturated rings. The first-order valence-electron chi connectivity index (χ1n) is 17.7.